The molecule has 112 valence electrons. The summed E-state index contributed by atoms with van der Waals surface area (Å²) in [5, 5.41) is -1.02. The van der Waals surface area contributed by atoms with E-state index in [-0.39, 0.29) is 0 Å². The van der Waals surface area contributed by atoms with Gasteiger partial charge in [-0.05, 0) is 5.31 Å². The quantitative estimate of drug-likeness (QED) is 0.495. The molecule has 2 aromatic rings. The third-order valence-electron chi connectivity index (χ3n) is 3.41. The van der Waals surface area contributed by atoms with Gasteiger partial charge >= 0.3 is 0 Å². The van der Waals surface area contributed by atoms with Gasteiger partial charge in [0, 0.05) is 5.56 Å². The summed E-state index contributed by atoms with van der Waals surface area (Å²) in [5.41, 5.74) is -2.30. The zero-order valence-electron chi connectivity index (χ0n) is 11.7. The average Bonchev–Trinajstić information content (AvgIpc) is 2.38. The zero-order chi connectivity index (χ0) is 15.9. The number of hydrogen-bond donors (Lipinski definition) is 0. The maximum Gasteiger partial charge on any atom is 0.269 e. The van der Waals surface area contributed by atoms with Crippen LogP contribution in [0.4, 0.5) is 22.0 Å². The van der Waals surface area contributed by atoms with Crippen molar-refractivity contribution < 1.29 is 22.0 Å². The van der Waals surface area contributed by atoms with Gasteiger partial charge in [-0.25, -0.2) is 23.1 Å². The normalized spacial score (nSPS) is 14.4. The third-order valence-corrected chi connectivity index (χ3v) is 3.41. The lowest BCUT2D eigenvalue weighted by Crippen LogP contribution is -2.26. The summed E-state index contributed by atoms with van der Waals surface area (Å²) in [5.74, 6) is -7.56. The summed E-state index contributed by atoms with van der Waals surface area (Å²) in [6, 6.07) is 0. The first-order valence-corrected chi connectivity index (χ1v) is 6.40. The Kier molecular flexibility index (Phi) is 3.90. The molecule has 0 bridgehead atoms. The van der Waals surface area contributed by atoms with Crippen molar-refractivity contribution in [2.24, 2.45) is 0 Å². The van der Waals surface area contributed by atoms with Gasteiger partial charge in [-0.1, -0.05) is 26.7 Å². The summed E-state index contributed by atoms with van der Waals surface area (Å²) >= 11 is 0. The molecule has 0 radical (unpaired) electrons. The van der Waals surface area contributed by atoms with Gasteiger partial charge in [0.05, 0.1) is 0 Å². The molecule has 0 N–H and O–H groups in total. The maximum absolute atomic E-state index is 14.4. The number of rotatable bonds is 3. The molecular formula is C13H12BF5N2. The fourth-order valence-electron chi connectivity index (χ4n) is 2.47. The molecule has 0 aliphatic heterocycles. The molecule has 1 heterocycles. The molecule has 1 aromatic carbocycles. The van der Waals surface area contributed by atoms with E-state index in [2.05, 4.69) is 9.97 Å². The smallest absolute Gasteiger partial charge is 0.211 e. The van der Waals surface area contributed by atoms with Crippen molar-refractivity contribution >= 4 is 18.9 Å². The number of fused-ring (bicyclic) bond motifs is 1. The summed E-state index contributed by atoms with van der Waals surface area (Å²) < 4.78 is 68.7. The molecule has 2 nitrogen and oxygen atoms in total. The van der Waals surface area contributed by atoms with Gasteiger partial charge in [0.1, 0.15) is 18.9 Å². The van der Waals surface area contributed by atoms with Crippen LogP contribution >= 0.6 is 0 Å². The summed E-state index contributed by atoms with van der Waals surface area (Å²) in [6.45, 7) is 3.35. The van der Waals surface area contributed by atoms with Crippen LogP contribution in [0.1, 0.15) is 32.3 Å². The van der Waals surface area contributed by atoms with E-state index in [1.165, 1.54) is 14.8 Å². The van der Waals surface area contributed by atoms with Crippen LogP contribution in [0, 0.1) is 29.3 Å². The molecule has 0 aliphatic rings. The van der Waals surface area contributed by atoms with Crippen LogP contribution in [0.3, 0.4) is 0 Å². The lowest BCUT2D eigenvalue weighted by Gasteiger charge is -2.26. The number of benzene rings is 1. The second-order valence-corrected chi connectivity index (χ2v) is 5.45. The third kappa shape index (κ3) is 2.47. The first-order chi connectivity index (χ1) is 9.70. The van der Waals surface area contributed by atoms with E-state index in [9.17, 15) is 22.0 Å². The fourth-order valence-corrected chi connectivity index (χ4v) is 2.47. The summed E-state index contributed by atoms with van der Waals surface area (Å²) in [4.78, 5) is 5.93. The van der Waals surface area contributed by atoms with Crippen molar-refractivity contribution in [3.05, 3.63) is 34.9 Å². The fraction of sp³-hybridized carbons (Fsp3) is 0.385. The van der Waals surface area contributed by atoms with Crippen molar-refractivity contribution in [2.75, 3.05) is 0 Å². The highest BCUT2D eigenvalue weighted by Crippen LogP contribution is 2.35. The predicted octanol–water partition coefficient (Wildman–Crippen LogP) is 2.97. The average molecular weight is 302 g/mol. The monoisotopic (exact) mass is 302 g/mol. The van der Waals surface area contributed by atoms with Crippen LogP contribution in [-0.2, 0) is 5.31 Å². The SMILES string of the molecule is BC(C)(CCC)c1c(F)c(F)c2nc(F)c(F)nc2c1F. The van der Waals surface area contributed by atoms with Gasteiger partial charge in [-0.3, -0.25) is 0 Å². The van der Waals surface area contributed by atoms with Crippen LogP contribution in [0.15, 0.2) is 0 Å². The Morgan fingerprint density at radius 3 is 1.86 bits per heavy atom. The molecular weight excluding hydrogens is 290 g/mol. The van der Waals surface area contributed by atoms with E-state index in [0.29, 0.717) is 12.8 Å². The second-order valence-electron chi connectivity index (χ2n) is 5.45. The Morgan fingerprint density at radius 1 is 0.905 bits per heavy atom. The van der Waals surface area contributed by atoms with Crippen LogP contribution in [0.2, 0.25) is 0 Å². The van der Waals surface area contributed by atoms with Crippen molar-refractivity contribution in [3.8, 4) is 0 Å². The second kappa shape index (κ2) is 5.24. The van der Waals surface area contributed by atoms with E-state index in [1.54, 1.807) is 0 Å². The standard InChI is InChI=1S/C13H12BF5N2/c1-3-4-13(2,14)5-6(15)8(17)10-9(7(5)16)20-11(18)12(19)21-10/h3-4,14H2,1-2H3. The minimum atomic E-state index is -1.71. The van der Waals surface area contributed by atoms with E-state index in [4.69, 9.17) is 0 Å². The van der Waals surface area contributed by atoms with Crippen LogP contribution in [0.25, 0.3) is 11.0 Å². The largest absolute Gasteiger partial charge is 0.269 e. The highest BCUT2D eigenvalue weighted by Gasteiger charge is 2.33. The molecule has 0 saturated carbocycles. The molecule has 0 aliphatic carbocycles. The van der Waals surface area contributed by atoms with Gasteiger partial charge in [0.25, 0.3) is 11.9 Å². The molecule has 0 saturated heterocycles. The van der Waals surface area contributed by atoms with E-state index in [0.717, 1.165) is 0 Å². The van der Waals surface area contributed by atoms with Gasteiger partial charge in [-0.15, -0.1) is 0 Å². The predicted molar refractivity (Wildman–Crippen MR) is 70.1 cm³/mol. The Labute approximate surface area is 118 Å². The molecule has 0 amide bonds. The summed E-state index contributed by atoms with van der Waals surface area (Å²) in [7, 11) is 1.54. The molecule has 21 heavy (non-hydrogen) atoms. The van der Waals surface area contributed by atoms with Crippen molar-refractivity contribution in [1.82, 2.24) is 9.97 Å². The minimum absolute atomic E-state index is 0.378. The molecule has 2 rings (SSSR count). The highest BCUT2D eigenvalue weighted by molar-refractivity contribution is 6.15. The molecule has 1 atom stereocenters. The van der Waals surface area contributed by atoms with E-state index in [1.807, 2.05) is 6.92 Å². The summed E-state index contributed by atoms with van der Waals surface area (Å²) in [6.07, 6.45) is 0.984. The first-order valence-electron chi connectivity index (χ1n) is 6.40. The van der Waals surface area contributed by atoms with E-state index >= 15 is 0 Å². The van der Waals surface area contributed by atoms with Gasteiger partial charge in [-0.2, -0.15) is 8.78 Å². The highest BCUT2D eigenvalue weighted by atomic mass is 19.2. The van der Waals surface area contributed by atoms with Crippen molar-refractivity contribution in [2.45, 2.75) is 32.0 Å². The lowest BCUT2D eigenvalue weighted by atomic mass is 9.62. The lowest BCUT2D eigenvalue weighted by molar-refractivity contribution is 0.437. The first kappa shape index (κ1) is 15.7. The molecule has 1 unspecified atom stereocenters. The van der Waals surface area contributed by atoms with Crippen LogP contribution < -0.4 is 0 Å². The number of halogens is 5. The number of hydrogen-bond acceptors (Lipinski definition) is 2. The Hall–Kier alpha value is -1.73. The molecule has 0 spiro atoms. The van der Waals surface area contributed by atoms with Gasteiger partial charge in [0.15, 0.2) is 17.5 Å². The van der Waals surface area contributed by atoms with Crippen molar-refractivity contribution in [3.63, 3.8) is 0 Å². The van der Waals surface area contributed by atoms with E-state index < -0.39 is 51.3 Å². The van der Waals surface area contributed by atoms with Crippen LogP contribution in [0.5, 0.6) is 0 Å². The minimum Gasteiger partial charge on any atom is -0.211 e. The molecule has 0 fully saturated rings. The Morgan fingerprint density at radius 2 is 1.38 bits per heavy atom. The zero-order valence-corrected chi connectivity index (χ0v) is 11.7. The topological polar surface area (TPSA) is 25.8 Å². The molecule has 8 heteroatoms. The Balaban J connectivity index is 2.89. The number of nitrogens with zero attached hydrogens (tertiary/aromatic N) is 2. The van der Waals surface area contributed by atoms with Gasteiger partial charge < -0.3 is 0 Å². The Bertz CT molecular complexity index is 718. The van der Waals surface area contributed by atoms with Crippen LogP contribution in [-0.4, -0.2) is 17.8 Å². The van der Waals surface area contributed by atoms with Crippen molar-refractivity contribution in [1.29, 1.82) is 0 Å². The van der Waals surface area contributed by atoms with Gasteiger partial charge in [0.2, 0.25) is 0 Å². The maximum atomic E-state index is 14.4. The number of aromatic nitrogens is 2. The molecule has 1 aromatic heterocycles.